The maximum absolute atomic E-state index is 12.1. The third-order valence-corrected chi connectivity index (χ3v) is 7.69. The number of H-pyrrole nitrogens is 1. The molecule has 1 aliphatic rings. The molecule has 2 heterocycles. The van der Waals surface area contributed by atoms with E-state index in [-0.39, 0.29) is 5.91 Å². The zero-order valence-electron chi connectivity index (χ0n) is 24.1. The Hall–Kier alpha value is -3.88. The van der Waals surface area contributed by atoms with Crippen molar-refractivity contribution in [1.82, 2.24) is 20.3 Å². The molecule has 1 amide bonds. The number of hydrazine groups is 1. The molecule has 210 valence electrons. The van der Waals surface area contributed by atoms with Crippen molar-refractivity contribution in [2.75, 3.05) is 38.1 Å². The molecule has 1 aromatic heterocycles. The molecule has 5 rings (SSSR count). The van der Waals surface area contributed by atoms with Gasteiger partial charge in [0.05, 0.1) is 11.0 Å². The minimum absolute atomic E-state index is 0.213. The minimum atomic E-state index is -0.655. The Morgan fingerprint density at radius 3 is 2.20 bits per heavy atom. The third-order valence-electron chi connectivity index (χ3n) is 7.69. The van der Waals surface area contributed by atoms with E-state index in [9.17, 15) is 4.79 Å². The lowest BCUT2D eigenvalue weighted by atomic mass is 9.81. The quantitative estimate of drug-likeness (QED) is 0.161. The summed E-state index contributed by atoms with van der Waals surface area (Å²) in [7, 11) is 2.18. The SMILES string of the molecule is CN1CCN(c2ccc(-c3ccc4nc(-c5ccc(OC(C)(C)CC(C)(C)C(=O)NN)cc5)[nH]c4c3)cc2)CC1. The Balaban J connectivity index is 1.28. The van der Waals surface area contributed by atoms with Crippen molar-refractivity contribution < 1.29 is 9.53 Å². The Morgan fingerprint density at radius 2 is 1.55 bits per heavy atom. The molecule has 3 aromatic carbocycles. The molecule has 0 aliphatic carbocycles. The van der Waals surface area contributed by atoms with Gasteiger partial charge in [-0.25, -0.2) is 10.8 Å². The average Bonchev–Trinajstić information content (AvgIpc) is 3.36. The second-order valence-electron chi connectivity index (χ2n) is 12.1. The predicted molar refractivity (Wildman–Crippen MR) is 162 cm³/mol. The highest BCUT2D eigenvalue weighted by Gasteiger charge is 2.35. The van der Waals surface area contributed by atoms with Crippen LogP contribution >= 0.6 is 0 Å². The summed E-state index contributed by atoms with van der Waals surface area (Å²) in [6.07, 6.45) is 0.509. The van der Waals surface area contributed by atoms with Crippen molar-refractivity contribution in [3.8, 4) is 28.3 Å². The number of imidazole rings is 1. The summed E-state index contributed by atoms with van der Waals surface area (Å²) in [6.45, 7) is 12.0. The predicted octanol–water partition coefficient (Wildman–Crippen LogP) is 5.21. The fourth-order valence-electron chi connectivity index (χ4n) is 5.63. The van der Waals surface area contributed by atoms with Gasteiger partial charge >= 0.3 is 0 Å². The number of likely N-dealkylation sites (N-methyl/N-ethyl adjacent to an activating group) is 1. The van der Waals surface area contributed by atoms with Crippen LogP contribution in [0, 0.1) is 5.41 Å². The number of aromatic nitrogens is 2. The monoisotopic (exact) mass is 540 g/mol. The van der Waals surface area contributed by atoms with E-state index in [4.69, 9.17) is 15.6 Å². The first kappa shape index (κ1) is 27.7. The fourth-order valence-corrected chi connectivity index (χ4v) is 5.63. The van der Waals surface area contributed by atoms with Crippen LogP contribution in [0.25, 0.3) is 33.5 Å². The highest BCUT2D eigenvalue weighted by atomic mass is 16.5. The van der Waals surface area contributed by atoms with E-state index in [0.29, 0.717) is 6.42 Å². The summed E-state index contributed by atoms with van der Waals surface area (Å²) in [5.41, 5.74) is 7.56. The highest BCUT2D eigenvalue weighted by molar-refractivity contribution is 5.85. The number of rotatable bonds is 8. The molecule has 4 N–H and O–H groups in total. The number of anilines is 1. The number of ether oxygens (including phenoxy) is 1. The van der Waals surface area contributed by atoms with Crippen LogP contribution in [0.3, 0.4) is 0 Å². The molecule has 40 heavy (non-hydrogen) atoms. The Labute approximate surface area is 236 Å². The number of amides is 1. The molecule has 4 aromatic rings. The second-order valence-corrected chi connectivity index (χ2v) is 12.1. The number of nitrogens with zero attached hydrogens (tertiary/aromatic N) is 3. The molecule has 0 atom stereocenters. The number of carbonyl (C=O) groups is 1. The van der Waals surface area contributed by atoms with Gasteiger partial charge in [0.25, 0.3) is 0 Å². The van der Waals surface area contributed by atoms with E-state index in [0.717, 1.165) is 59.9 Å². The molecule has 1 saturated heterocycles. The van der Waals surface area contributed by atoms with Crippen molar-refractivity contribution in [3.63, 3.8) is 0 Å². The van der Waals surface area contributed by atoms with Crippen molar-refractivity contribution >= 4 is 22.6 Å². The Bertz CT molecular complexity index is 1470. The van der Waals surface area contributed by atoms with Crippen LogP contribution in [0.15, 0.2) is 66.7 Å². The number of nitrogens with two attached hydrogens (primary N) is 1. The van der Waals surface area contributed by atoms with Crippen LogP contribution in [0.5, 0.6) is 5.75 Å². The summed E-state index contributed by atoms with van der Waals surface area (Å²) in [5.74, 6) is 6.68. The summed E-state index contributed by atoms with van der Waals surface area (Å²) in [6, 6.07) is 23.1. The summed E-state index contributed by atoms with van der Waals surface area (Å²) < 4.78 is 6.24. The highest BCUT2D eigenvalue weighted by Crippen LogP contribution is 2.33. The Morgan fingerprint density at radius 1 is 0.925 bits per heavy atom. The second kappa shape index (κ2) is 10.9. The molecule has 0 radical (unpaired) electrons. The van der Waals surface area contributed by atoms with E-state index >= 15 is 0 Å². The lowest BCUT2D eigenvalue weighted by Crippen LogP contribution is -2.45. The lowest BCUT2D eigenvalue weighted by Gasteiger charge is -2.34. The van der Waals surface area contributed by atoms with Gasteiger partial charge in [0.15, 0.2) is 0 Å². The van der Waals surface area contributed by atoms with Gasteiger partial charge < -0.3 is 19.5 Å². The van der Waals surface area contributed by atoms with E-state index in [1.807, 2.05) is 52.0 Å². The van der Waals surface area contributed by atoms with Crippen LogP contribution < -0.4 is 20.9 Å². The fraction of sp³-hybridized carbons (Fsp3) is 0.375. The standard InChI is InChI=1S/C32H40N6O2/c1-31(2,30(39)36-33)21-32(3,4)40-26-13-8-23(9-14-26)29-34-27-15-10-24(20-28(27)35-29)22-6-11-25(12-7-22)38-18-16-37(5)17-19-38/h6-15,20H,16-19,21,33H2,1-5H3,(H,34,35)(H,36,39). The average molecular weight is 541 g/mol. The van der Waals surface area contributed by atoms with Gasteiger partial charge in [-0.15, -0.1) is 0 Å². The lowest BCUT2D eigenvalue weighted by molar-refractivity contribution is -0.132. The van der Waals surface area contributed by atoms with E-state index in [1.165, 1.54) is 11.3 Å². The normalized spacial score (nSPS) is 14.9. The summed E-state index contributed by atoms with van der Waals surface area (Å²) >= 11 is 0. The van der Waals surface area contributed by atoms with Gasteiger partial charge in [0, 0.05) is 49.3 Å². The number of hydrogen-bond acceptors (Lipinski definition) is 6. The molecular formula is C32H40N6O2. The van der Waals surface area contributed by atoms with Gasteiger partial charge in [-0.3, -0.25) is 10.2 Å². The molecule has 0 unspecified atom stereocenters. The molecule has 0 spiro atoms. The van der Waals surface area contributed by atoms with Crippen LogP contribution in [-0.2, 0) is 4.79 Å². The number of hydrogen-bond donors (Lipinski definition) is 3. The topological polar surface area (TPSA) is 99.5 Å². The molecule has 0 saturated carbocycles. The van der Waals surface area contributed by atoms with E-state index in [2.05, 4.69) is 69.7 Å². The van der Waals surface area contributed by atoms with E-state index < -0.39 is 11.0 Å². The molecular weight excluding hydrogens is 500 g/mol. The first-order valence-corrected chi connectivity index (χ1v) is 13.9. The summed E-state index contributed by atoms with van der Waals surface area (Å²) in [4.78, 5) is 25.2. The van der Waals surface area contributed by atoms with Crippen molar-refractivity contribution in [2.24, 2.45) is 11.3 Å². The zero-order chi connectivity index (χ0) is 28.5. The third kappa shape index (κ3) is 6.13. The first-order chi connectivity index (χ1) is 19.0. The summed E-state index contributed by atoms with van der Waals surface area (Å²) in [5, 5.41) is 0. The minimum Gasteiger partial charge on any atom is -0.488 e. The smallest absolute Gasteiger partial charge is 0.239 e. The Kier molecular flexibility index (Phi) is 7.57. The number of benzene rings is 3. The van der Waals surface area contributed by atoms with Gasteiger partial charge in [0.2, 0.25) is 5.91 Å². The van der Waals surface area contributed by atoms with Crippen molar-refractivity contribution in [2.45, 2.75) is 39.7 Å². The first-order valence-electron chi connectivity index (χ1n) is 13.9. The van der Waals surface area contributed by atoms with Crippen LogP contribution in [-0.4, -0.2) is 59.6 Å². The van der Waals surface area contributed by atoms with Gasteiger partial charge in [-0.1, -0.05) is 32.0 Å². The number of fused-ring (bicyclic) bond motifs is 1. The molecule has 1 aliphatic heterocycles. The van der Waals surface area contributed by atoms with Crippen LogP contribution in [0.4, 0.5) is 5.69 Å². The van der Waals surface area contributed by atoms with Gasteiger partial charge in [0.1, 0.15) is 17.2 Å². The number of nitrogens with one attached hydrogen (secondary N) is 2. The zero-order valence-corrected chi connectivity index (χ0v) is 24.1. The van der Waals surface area contributed by atoms with Crippen molar-refractivity contribution in [1.29, 1.82) is 0 Å². The number of piperazine rings is 1. The maximum Gasteiger partial charge on any atom is 0.239 e. The van der Waals surface area contributed by atoms with Gasteiger partial charge in [-0.2, -0.15) is 0 Å². The maximum atomic E-state index is 12.1. The van der Waals surface area contributed by atoms with E-state index in [1.54, 1.807) is 0 Å². The van der Waals surface area contributed by atoms with Crippen LogP contribution in [0.1, 0.15) is 34.1 Å². The largest absolute Gasteiger partial charge is 0.488 e. The van der Waals surface area contributed by atoms with Crippen LogP contribution in [0.2, 0.25) is 0 Å². The van der Waals surface area contributed by atoms with Gasteiger partial charge in [-0.05, 0) is 80.6 Å². The number of aromatic amines is 1. The molecule has 8 nitrogen and oxygen atoms in total. The van der Waals surface area contributed by atoms with Crippen molar-refractivity contribution in [3.05, 3.63) is 66.7 Å². The number of carbonyl (C=O) groups excluding carboxylic acids is 1. The molecule has 8 heteroatoms. The molecule has 1 fully saturated rings. The molecule has 0 bridgehead atoms.